The summed E-state index contributed by atoms with van der Waals surface area (Å²) in [6.07, 6.45) is 6.31. The van der Waals surface area contributed by atoms with Gasteiger partial charge in [0.05, 0.1) is 10.7 Å². The van der Waals surface area contributed by atoms with Gasteiger partial charge in [-0.15, -0.1) is 0 Å². The van der Waals surface area contributed by atoms with Gasteiger partial charge in [-0.25, -0.2) is 13.1 Å². The van der Waals surface area contributed by atoms with E-state index < -0.39 is 14.9 Å². The molecule has 0 amide bonds. The first-order chi connectivity index (χ1) is 11.0. The van der Waals surface area contributed by atoms with Crippen molar-refractivity contribution in [3.8, 4) is 0 Å². The molecule has 0 unspecified atom stereocenters. The molecule has 0 heterocycles. The smallest absolute Gasteiger partial charge is 0.258 e. The number of hydrogen-bond acceptors (Lipinski definition) is 5. The highest BCUT2D eigenvalue weighted by atomic mass is 32.2. The molecule has 0 radical (unpaired) electrons. The fraction of sp³-hybridized carbons (Fsp3) is 0.600. The number of nitro groups is 1. The predicted molar refractivity (Wildman–Crippen MR) is 93.1 cm³/mol. The second kappa shape index (κ2) is 8.65. The Balaban J connectivity index is 1.77. The molecular weight excluding hydrogens is 336 g/mol. The Morgan fingerprint density at radius 2 is 2.00 bits per heavy atom. The molecular formula is C15H22N2O4S2. The van der Waals surface area contributed by atoms with Gasteiger partial charge < -0.3 is 0 Å². The third-order valence-electron chi connectivity index (χ3n) is 3.81. The molecule has 0 saturated heterocycles. The van der Waals surface area contributed by atoms with Crippen molar-refractivity contribution < 1.29 is 13.3 Å². The zero-order valence-corrected chi connectivity index (χ0v) is 14.6. The largest absolute Gasteiger partial charge is 0.269 e. The van der Waals surface area contributed by atoms with E-state index in [2.05, 4.69) is 4.72 Å². The lowest BCUT2D eigenvalue weighted by molar-refractivity contribution is -0.384. The fourth-order valence-corrected chi connectivity index (χ4v) is 5.17. The first-order valence-corrected chi connectivity index (χ1v) is 10.5. The summed E-state index contributed by atoms with van der Waals surface area (Å²) in [7, 11) is -3.47. The summed E-state index contributed by atoms with van der Waals surface area (Å²) in [4.78, 5) is 10.2. The van der Waals surface area contributed by atoms with E-state index in [1.165, 1.54) is 50.3 Å². The summed E-state index contributed by atoms with van der Waals surface area (Å²) >= 11 is 1.83. The van der Waals surface area contributed by atoms with Crippen molar-refractivity contribution in [2.24, 2.45) is 0 Å². The molecule has 0 aliphatic heterocycles. The first-order valence-electron chi connectivity index (χ1n) is 7.78. The van der Waals surface area contributed by atoms with Crippen molar-refractivity contribution in [2.75, 3.05) is 12.3 Å². The summed E-state index contributed by atoms with van der Waals surface area (Å²) in [5.74, 6) is 0.529. The molecule has 1 saturated carbocycles. The summed E-state index contributed by atoms with van der Waals surface area (Å²) in [5, 5.41) is 11.4. The minimum Gasteiger partial charge on any atom is -0.258 e. The molecule has 0 aromatic heterocycles. The maximum absolute atomic E-state index is 12.0. The minimum absolute atomic E-state index is 0.0921. The number of thioether (sulfide) groups is 1. The van der Waals surface area contributed by atoms with Crippen molar-refractivity contribution in [2.45, 2.75) is 43.1 Å². The standard InChI is InChI=1S/C15H22N2O4S2/c18-17(19)14-6-4-5-13(11-14)12-23(20,21)16-9-10-22-15-7-2-1-3-8-15/h4-6,11,15-16H,1-3,7-10,12H2. The molecule has 128 valence electrons. The highest BCUT2D eigenvalue weighted by molar-refractivity contribution is 8.00. The molecule has 2 rings (SSSR count). The average Bonchev–Trinajstić information content (AvgIpc) is 2.52. The molecule has 8 heteroatoms. The Morgan fingerprint density at radius 3 is 2.70 bits per heavy atom. The van der Waals surface area contributed by atoms with E-state index in [0.717, 1.165) is 5.75 Å². The van der Waals surface area contributed by atoms with Crippen LogP contribution < -0.4 is 4.72 Å². The Bertz CT molecular complexity index is 628. The van der Waals surface area contributed by atoms with E-state index in [1.807, 2.05) is 11.8 Å². The molecule has 0 atom stereocenters. The lowest BCUT2D eigenvalue weighted by atomic mass is 10.0. The second-order valence-electron chi connectivity index (χ2n) is 5.71. The van der Waals surface area contributed by atoms with E-state index >= 15 is 0 Å². The Morgan fingerprint density at radius 1 is 1.26 bits per heavy atom. The summed E-state index contributed by atoms with van der Waals surface area (Å²) in [5.41, 5.74) is 0.331. The van der Waals surface area contributed by atoms with Crippen LogP contribution >= 0.6 is 11.8 Å². The maximum atomic E-state index is 12.0. The predicted octanol–water partition coefficient (Wildman–Crippen LogP) is 3.08. The maximum Gasteiger partial charge on any atom is 0.269 e. The minimum atomic E-state index is -3.47. The molecule has 1 N–H and O–H groups in total. The van der Waals surface area contributed by atoms with Gasteiger partial charge in [-0.1, -0.05) is 31.4 Å². The molecule has 0 spiro atoms. The van der Waals surface area contributed by atoms with Gasteiger partial charge in [0.1, 0.15) is 0 Å². The molecule has 1 fully saturated rings. The average molecular weight is 358 g/mol. The highest BCUT2D eigenvalue weighted by Gasteiger charge is 2.16. The van der Waals surface area contributed by atoms with E-state index in [9.17, 15) is 18.5 Å². The molecule has 23 heavy (non-hydrogen) atoms. The number of non-ortho nitro benzene ring substituents is 1. The highest BCUT2D eigenvalue weighted by Crippen LogP contribution is 2.27. The fourth-order valence-electron chi connectivity index (χ4n) is 2.68. The normalized spacial score (nSPS) is 16.3. The Hall–Kier alpha value is -1.12. The number of nitrogens with zero attached hydrogens (tertiary/aromatic N) is 1. The van der Waals surface area contributed by atoms with Crippen LogP contribution in [0, 0.1) is 10.1 Å². The zero-order chi connectivity index (χ0) is 16.7. The number of nitro benzene ring substituents is 1. The SMILES string of the molecule is O=[N+]([O-])c1cccc(CS(=O)(=O)NCCSC2CCCCC2)c1. The van der Waals surface area contributed by atoms with Gasteiger partial charge in [-0.3, -0.25) is 10.1 Å². The van der Waals surface area contributed by atoms with Gasteiger partial charge >= 0.3 is 0 Å². The van der Waals surface area contributed by atoms with Gasteiger partial charge in [0.15, 0.2) is 0 Å². The monoisotopic (exact) mass is 358 g/mol. The third-order valence-corrected chi connectivity index (χ3v) is 6.55. The lowest BCUT2D eigenvalue weighted by Gasteiger charge is -2.20. The third kappa shape index (κ3) is 6.48. The van der Waals surface area contributed by atoms with Crippen molar-refractivity contribution in [3.63, 3.8) is 0 Å². The topological polar surface area (TPSA) is 89.3 Å². The molecule has 0 bridgehead atoms. The van der Waals surface area contributed by atoms with Crippen LogP contribution in [0.25, 0.3) is 0 Å². The number of sulfonamides is 1. The van der Waals surface area contributed by atoms with Gasteiger partial charge in [-0.2, -0.15) is 11.8 Å². The van der Waals surface area contributed by atoms with Crippen LogP contribution in [0.15, 0.2) is 24.3 Å². The Kier molecular flexibility index (Phi) is 6.86. The van der Waals surface area contributed by atoms with Crippen molar-refractivity contribution >= 4 is 27.5 Å². The van der Waals surface area contributed by atoms with Crippen LogP contribution in [0.5, 0.6) is 0 Å². The van der Waals surface area contributed by atoms with E-state index in [-0.39, 0.29) is 11.4 Å². The first kappa shape index (κ1) is 18.2. The Labute approximate surface area is 141 Å². The summed E-state index contributed by atoms with van der Waals surface area (Å²) in [6, 6.07) is 5.74. The van der Waals surface area contributed by atoms with E-state index in [0.29, 0.717) is 17.4 Å². The number of rotatable bonds is 8. The van der Waals surface area contributed by atoms with E-state index in [4.69, 9.17) is 0 Å². The van der Waals surface area contributed by atoms with Gasteiger partial charge in [0.2, 0.25) is 10.0 Å². The molecule has 1 aliphatic carbocycles. The van der Waals surface area contributed by atoms with Crippen LogP contribution in [0.3, 0.4) is 0 Å². The lowest BCUT2D eigenvalue weighted by Crippen LogP contribution is -2.28. The van der Waals surface area contributed by atoms with Gasteiger partial charge in [0.25, 0.3) is 5.69 Å². The molecule has 6 nitrogen and oxygen atoms in total. The number of benzene rings is 1. The van der Waals surface area contributed by atoms with Crippen molar-refractivity contribution in [1.29, 1.82) is 0 Å². The zero-order valence-electron chi connectivity index (χ0n) is 12.9. The van der Waals surface area contributed by atoms with Crippen LogP contribution in [0.4, 0.5) is 5.69 Å². The van der Waals surface area contributed by atoms with E-state index in [1.54, 1.807) is 6.07 Å². The second-order valence-corrected chi connectivity index (χ2v) is 8.93. The van der Waals surface area contributed by atoms with Crippen molar-refractivity contribution in [3.05, 3.63) is 39.9 Å². The molecule has 1 aromatic rings. The molecule has 1 aliphatic rings. The van der Waals surface area contributed by atoms with Crippen LogP contribution in [0.2, 0.25) is 0 Å². The summed E-state index contributed by atoms with van der Waals surface area (Å²) in [6.45, 7) is 0.401. The number of hydrogen-bond donors (Lipinski definition) is 1. The van der Waals surface area contributed by atoms with Crippen LogP contribution in [0.1, 0.15) is 37.7 Å². The van der Waals surface area contributed by atoms with Crippen LogP contribution in [-0.2, 0) is 15.8 Å². The quantitative estimate of drug-likeness (QED) is 0.438. The summed E-state index contributed by atoms with van der Waals surface area (Å²) < 4.78 is 26.7. The molecule has 1 aromatic carbocycles. The van der Waals surface area contributed by atoms with Gasteiger partial charge in [0, 0.05) is 29.7 Å². The van der Waals surface area contributed by atoms with Crippen LogP contribution in [-0.4, -0.2) is 30.9 Å². The number of nitrogens with one attached hydrogen (secondary N) is 1. The van der Waals surface area contributed by atoms with Gasteiger partial charge in [-0.05, 0) is 18.4 Å². The van der Waals surface area contributed by atoms with Crippen molar-refractivity contribution in [1.82, 2.24) is 4.72 Å².